The van der Waals surface area contributed by atoms with Crippen LogP contribution in [0.1, 0.15) is 0 Å². The molecule has 3 rings (SSSR count). The SMILES string of the molecule is COc1ccc(OC)c(-c2csc(NC(=O)Nc3ccccc3F)n2)c1. The molecule has 1 aromatic heterocycles. The predicted molar refractivity (Wildman–Crippen MR) is 99.7 cm³/mol. The number of aromatic nitrogens is 1. The average Bonchev–Trinajstić information content (AvgIpc) is 3.11. The summed E-state index contributed by atoms with van der Waals surface area (Å²) in [5.41, 5.74) is 1.47. The highest BCUT2D eigenvalue weighted by molar-refractivity contribution is 7.14. The van der Waals surface area contributed by atoms with Gasteiger partial charge in [-0.05, 0) is 30.3 Å². The van der Waals surface area contributed by atoms with Gasteiger partial charge in [-0.1, -0.05) is 12.1 Å². The van der Waals surface area contributed by atoms with Gasteiger partial charge in [-0.2, -0.15) is 0 Å². The quantitative estimate of drug-likeness (QED) is 0.685. The Morgan fingerprint density at radius 2 is 1.92 bits per heavy atom. The number of ether oxygens (including phenoxy) is 2. The molecule has 0 aliphatic carbocycles. The fourth-order valence-corrected chi connectivity index (χ4v) is 2.99. The van der Waals surface area contributed by atoms with E-state index in [1.807, 2.05) is 0 Å². The van der Waals surface area contributed by atoms with Crippen LogP contribution < -0.4 is 20.1 Å². The van der Waals surface area contributed by atoms with Gasteiger partial charge in [0.2, 0.25) is 0 Å². The third-order valence-corrected chi connectivity index (χ3v) is 4.29. The Morgan fingerprint density at radius 3 is 2.65 bits per heavy atom. The van der Waals surface area contributed by atoms with E-state index >= 15 is 0 Å². The number of methoxy groups -OCH3 is 2. The van der Waals surface area contributed by atoms with Crippen LogP contribution in [0.3, 0.4) is 0 Å². The van der Waals surface area contributed by atoms with E-state index in [2.05, 4.69) is 15.6 Å². The molecule has 3 aromatic rings. The lowest BCUT2D eigenvalue weighted by Crippen LogP contribution is -2.19. The van der Waals surface area contributed by atoms with Crippen molar-refractivity contribution in [3.63, 3.8) is 0 Å². The minimum absolute atomic E-state index is 0.0937. The molecule has 8 heteroatoms. The van der Waals surface area contributed by atoms with Crippen LogP contribution in [0.4, 0.5) is 20.0 Å². The standard InChI is InChI=1S/C18H16FN3O3S/c1-24-11-7-8-16(25-2)12(9-11)15-10-26-18(21-15)22-17(23)20-14-6-4-3-5-13(14)19/h3-10H,1-2H3,(H2,20,21,22,23). The highest BCUT2D eigenvalue weighted by atomic mass is 32.1. The molecule has 0 bridgehead atoms. The number of thiazole rings is 1. The summed E-state index contributed by atoms with van der Waals surface area (Å²) in [4.78, 5) is 16.4. The summed E-state index contributed by atoms with van der Waals surface area (Å²) in [5, 5.41) is 7.20. The third kappa shape index (κ3) is 3.92. The smallest absolute Gasteiger partial charge is 0.325 e. The molecule has 1 heterocycles. The molecule has 2 N–H and O–H groups in total. The Bertz CT molecular complexity index is 930. The Labute approximate surface area is 153 Å². The highest BCUT2D eigenvalue weighted by Gasteiger charge is 2.13. The number of para-hydroxylation sites is 1. The second-order valence-corrected chi connectivity index (χ2v) is 6.02. The Morgan fingerprint density at radius 1 is 1.12 bits per heavy atom. The first-order valence-corrected chi connectivity index (χ1v) is 8.49. The summed E-state index contributed by atoms with van der Waals surface area (Å²) >= 11 is 1.25. The number of hydrogen-bond donors (Lipinski definition) is 2. The zero-order valence-electron chi connectivity index (χ0n) is 14.1. The second kappa shape index (κ2) is 7.83. The minimum Gasteiger partial charge on any atom is -0.497 e. The van der Waals surface area contributed by atoms with Crippen LogP contribution in [0.5, 0.6) is 11.5 Å². The van der Waals surface area contributed by atoms with Crippen molar-refractivity contribution >= 4 is 28.2 Å². The van der Waals surface area contributed by atoms with Crippen molar-refractivity contribution in [1.82, 2.24) is 4.98 Å². The molecular weight excluding hydrogens is 357 g/mol. The second-order valence-electron chi connectivity index (χ2n) is 5.16. The van der Waals surface area contributed by atoms with E-state index < -0.39 is 11.8 Å². The van der Waals surface area contributed by atoms with Crippen molar-refractivity contribution in [3.05, 3.63) is 53.7 Å². The summed E-state index contributed by atoms with van der Waals surface area (Å²) in [6, 6.07) is 10.7. The van der Waals surface area contributed by atoms with Gasteiger partial charge in [0.1, 0.15) is 17.3 Å². The number of nitrogens with zero attached hydrogens (tertiary/aromatic N) is 1. The number of amides is 2. The largest absolute Gasteiger partial charge is 0.497 e. The number of hydrogen-bond acceptors (Lipinski definition) is 5. The van der Waals surface area contributed by atoms with Crippen molar-refractivity contribution in [1.29, 1.82) is 0 Å². The number of carbonyl (C=O) groups is 1. The van der Waals surface area contributed by atoms with Crippen molar-refractivity contribution in [2.75, 3.05) is 24.9 Å². The molecule has 6 nitrogen and oxygen atoms in total. The molecule has 0 radical (unpaired) electrons. The number of rotatable bonds is 5. The van der Waals surface area contributed by atoms with Crippen LogP contribution in [-0.2, 0) is 0 Å². The van der Waals surface area contributed by atoms with E-state index in [1.54, 1.807) is 49.9 Å². The molecule has 0 atom stereocenters. The maximum absolute atomic E-state index is 13.6. The molecule has 0 spiro atoms. The Hall–Kier alpha value is -3.13. The normalized spacial score (nSPS) is 10.3. The molecule has 0 unspecified atom stereocenters. The average molecular weight is 373 g/mol. The Balaban J connectivity index is 1.76. The van der Waals surface area contributed by atoms with Crippen LogP contribution >= 0.6 is 11.3 Å². The zero-order chi connectivity index (χ0) is 18.5. The molecule has 2 amide bonds. The molecule has 0 aliphatic heterocycles. The number of benzene rings is 2. The van der Waals surface area contributed by atoms with Gasteiger partial charge in [-0.25, -0.2) is 14.2 Å². The molecule has 2 aromatic carbocycles. The van der Waals surface area contributed by atoms with Gasteiger partial charge in [0.15, 0.2) is 5.13 Å². The maximum atomic E-state index is 13.6. The van der Waals surface area contributed by atoms with Crippen LogP contribution in [0.2, 0.25) is 0 Å². The first-order valence-electron chi connectivity index (χ1n) is 7.61. The van der Waals surface area contributed by atoms with Gasteiger partial charge in [-0.15, -0.1) is 11.3 Å². The van der Waals surface area contributed by atoms with Gasteiger partial charge >= 0.3 is 6.03 Å². The molecule has 0 aliphatic rings. The fraction of sp³-hybridized carbons (Fsp3) is 0.111. The summed E-state index contributed by atoms with van der Waals surface area (Å²) in [7, 11) is 3.14. The van der Waals surface area contributed by atoms with E-state index in [9.17, 15) is 9.18 Å². The monoisotopic (exact) mass is 373 g/mol. The van der Waals surface area contributed by atoms with Gasteiger partial charge in [0.05, 0.1) is 25.6 Å². The molecule has 134 valence electrons. The van der Waals surface area contributed by atoms with Crippen LogP contribution in [-0.4, -0.2) is 25.2 Å². The van der Waals surface area contributed by atoms with E-state index in [4.69, 9.17) is 9.47 Å². The molecular formula is C18H16FN3O3S. The number of urea groups is 1. The van der Waals surface area contributed by atoms with E-state index in [-0.39, 0.29) is 5.69 Å². The van der Waals surface area contributed by atoms with Crippen molar-refractivity contribution in [2.45, 2.75) is 0 Å². The number of halogens is 1. The predicted octanol–water partition coefficient (Wildman–Crippen LogP) is 4.61. The van der Waals surface area contributed by atoms with Crippen molar-refractivity contribution in [3.8, 4) is 22.8 Å². The van der Waals surface area contributed by atoms with Crippen LogP contribution in [0, 0.1) is 5.82 Å². The molecule has 0 saturated heterocycles. The summed E-state index contributed by atoms with van der Waals surface area (Å²) in [5.74, 6) is 0.794. The fourth-order valence-electron chi connectivity index (χ4n) is 2.28. The van der Waals surface area contributed by atoms with Gasteiger partial charge < -0.3 is 14.8 Å². The summed E-state index contributed by atoms with van der Waals surface area (Å²) in [6.45, 7) is 0. The van der Waals surface area contributed by atoms with Gasteiger partial charge in [0.25, 0.3) is 0 Å². The number of carbonyl (C=O) groups excluding carboxylic acids is 1. The van der Waals surface area contributed by atoms with Crippen LogP contribution in [0.15, 0.2) is 47.8 Å². The van der Waals surface area contributed by atoms with E-state index in [0.717, 1.165) is 5.56 Å². The minimum atomic E-state index is -0.575. The van der Waals surface area contributed by atoms with Crippen molar-refractivity contribution in [2.24, 2.45) is 0 Å². The molecule has 0 saturated carbocycles. The lowest BCUT2D eigenvalue weighted by atomic mass is 10.1. The topological polar surface area (TPSA) is 72.5 Å². The lowest BCUT2D eigenvalue weighted by molar-refractivity contribution is 0.262. The van der Waals surface area contributed by atoms with Crippen molar-refractivity contribution < 1.29 is 18.7 Å². The first kappa shape index (κ1) is 17.7. The molecule has 0 fully saturated rings. The maximum Gasteiger partial charge on any atom is 0.325 e. The van der Waals surface area contributed by atoms with E-state index in [0.29, 0.717) is 22.3 Å². The lowest BCUT2D eigenvalue weighted by Gasteiger charge is -2.08. The summed E-state index contributed by atoms with van der Waals surface area (Å²) in [6.07, 6.45) is 0. The molecule has 26 heavy (non-hydrogen) atoms. The van der Waals surface area contributed by atoms with Gasteiger partial charge in [0, 0.05) is 10.9 Å². The number of anilines is 2. The number of nitrogens with one attached hydrogen (secondary N) is 2. The van der Waals surface area contributed by atoms with Gasteiger partial charge in [-0.3, -0.25) is 5.32 Å². The van der Waals surface area contributed by atoms with Crippen LogP contribution in [0.25, 0.3) is 11.3 Å². The highest BCUT2D eigenvalue weighted by Crippen LogP contribution is 2.35. The van der Waals surface area contributed by atoms with E-state index in [1.165, 1.54) is 23.5 Å². The Kier molecular flexibility index (Phi) is 5.33. The third-order valence-electron chi connectivity index (χ3n) is 3.53. The zero-order valence-corrected chi connectivity index (χ0v) is 14.9. The summed E-state index contributed by atoms with van der Waals surface area (Å²) < 4.78 is 24.2. The first-order chi connectivity index (χ1) is 12.6.